The molecule has 84 valence electrons. The Bertz CT molecular complexity index is 560. The van der Waals surface area contributed by atoms with Gasteiger partial charge in [-0.2, -0.15) is 0 Å². The van der Waals surface area contributed by atoms with Gasteiger partial charge in [0.1, 0.15) is 4.88 Å². The molecule has 2 aromatic rings. The molecular weight excluding hydrogens is 284 g/mol. The van der Waals surface area contributed by atoms with E-state index in [4.69, 9.17) is 5.73 Å². The number of nitrogens with two attached hydrogens (primary N) is 1. The van der Waals surface area contributed by atoms with Crippen LogP contribution in [0, 0.1) is 10.1 Å². The Kier molecular flexibility index (Phi) is 3.15. The third kappa shape index (κ3) is 2.05. The third-order valence-corrected chi connectivity index (χ3v) is 4.70. The van der Waals surface area contributed by atoms with E-state index in [1.807, 2.05) is 0 Å². The standard InChI is InChI=1S/C8H6N2O2S4/c9-3-1-5(13)15-7(3)8-4(10(11)12)2-6(14)16-8/h1-2,13-14H,9H2. The molecule has 0 atom stereocenters. The van der Waals surface area contributed by atoms with Crippen LogP contribution in [-0.4, -0.2) is 4.92 Å². The molecule has 0 saturated carbocycles. The van der Waals surface area contributed by atoms with Crippen LogP contribution < -0.4 is 5.73 Å². The van der Waals surface area contributed by atoms with E-state index in [9.17, 15) is 10.1 Å². The minimum Gasteiger partial charge on any atom is -0.397 e. The highest BCUT2D eigenvalue weighted by Crippen LogP contribution is 2.46. The van der Waals surface area contributed by atoms with E-state index in [2.05, 4.69) is 25.3 Å². The molecule has 0 aliphatic heterocycles. The molecule has 16 heavy (non-hydrogen) atoms. The normalized spacial score (nSPS) is 10.6. The molecule has 0 aliphatic carbocycles. The van der Waals surface area contributed by atoms with Crippen molar-refractivity contribution in [1.29, 1.82) is 0 Å². The van der Waals surface area contributed by atoms with Crippen LogP contribution >= 0.6 is 47.9 Å². The third-order valence-electron chi connectivity index (χ3n) is 1.85. The molecule has 4 nitrogen and oxygen atoms in total. The smallest absolute Gasteiger partial charge is 0.289 e. The Morgan fingerprint density at radius 1 is 1.19 bits per heavy atom. The summed E-state index contributed by atoms with van der Waals surface area (Å²) in [6.07, 6.45) is 0. The van der Waals surface area contributed by atoms with Gasteiger partial charge >= 0.3 is 0 Å². The van der Waals surface area contributed by atoms with Crippen LogP contribution in [0.15, 0.2) is 20.6 Å². The maximum atomic E-state index is 10.8. The first-order chi connectivity index (χ1) is 7.49. The zero-order chi connectivity index (χ0) is 11.9. The van der Waals surface area contributed by atoms with Crippen molar-refractivity contribution in [2.75, 3.05) is 5.73 Å². The maximum Gasteiger partial charge on any atom is 0.289 e. The number of thiophene rings is 2. The molecule has 0 amide bonds. The summed E-state index contributed by atoms with van der Waals surface area (Å²) in [5.41, 5.74) is 6.32. The van der Waals surface area contributed by atoms with Gasteiger partial charge in [-0.15, -0.1) is 47.9 Å². The first-order valence-electron chi connectivity index (χ1n) is 4.05. The summed E-state index contributed by atoms with van der Waals surface area (Å²) >= 11 is 10.9. The van der Waals surface area contributed by atoms with Crippen molar-refractivity contribution in [2.24, 2.45) is 0 Å². The van der Waals surface area contributed by atoms with E-state index in [1.54, 1.807) is 6.07 Å². The van der Waals surface area contributed by atoms with Gasteiger partial charge in [-0.05, 0) is 6.07 Å². The Labute approximate surface area is 110 Å². The van der Waals surface area contributed by atoms with E-state index < -0.39 is 4.92 Å². The van der Waals surface area contributed by atoms with Gasteiger partial charge in [0.05, 0.1) is 23.9 Å². The van der Waals surface area contributed by atoms with Crippen LogP contribution in [0.25, 0.3) is 9.75 Å². The van der Waals surface area contributed by atoms with Gasteiger partial charge in [-0.3, -0.25) is 10.1 Å². The molecule has 0 saturated heterocycles. The first kappa shape index (κ1) is 11.8. The predicted molar refractivity (Wildman–Crippen MR) is 73.2 cm³/mol. The second-order valence-corrected chi connectivity index (χ2v) is 6.60. The molecular formula is C8H6N2O2S4. The van der Waals surface area contributed by atoms with E-state index >= 15 is 0 Å². The molecule has 0 bridgehead atoms. The topological polar surface area (TPSA) is 69.2 Å². The summed E-state index contributed by atoms with van der Waals surface area (Å²) in [7, 11) is 0. The average Bonchev–Trinajstić information content (AvgIpc) is 2.69. The minimum absolute atomic E-state index is 0.0388. The number of nitrogens with zero attached hydrogens (tertiary/aromatic N) is 1. The van der Waals surface area contributed by atoms with E-state index in [1.165, 1.54) is 28.7 Å². The van der Waals surface area contributed by atoms with Crippen LogP contribution in [0.3, 0.4) is 0 Å². The largest absolute Gasteiger partial charge is 0.397 e. The lowest BCUT2D eigenvalue weighted by molar-refractivity contribution is -0.383. The van der Waals surface area contributed by atoms with Crippen molar-refractivity contribution in [2.45, 2.75) is 8.42 Å². The number of nitro groups is 1. The van der Waals surface area contributed by atoms with Crippen LogP contribution in [0.5, 0.6) is 0 Å². The zero-order valence-corrected chi connectivity index (χ0v) is 11.1. The van der Waals surface area contributed by atoms with Crippen LogP contribution in [0.2, 0.25) is 0 Å². The molecule has 2 N–H and O–H groups in total. The highest BCUT2D eigenvalue weighted by Gasteiger charge is 2.22. The van der Waals surface area contributed by atoms with E-state index in [-0.39, 0.29) is 5.69 Å². The van der Waals surface area contributed by atoms with Gasteiger partial charge in [0.25, 0.3) is 5.69 Å². The second-order valence-electron chi connectivity index (χ2n) is 2.93. The summed E-state index contributed by atoms with van der Waals surface area (Å²) in [6, 6.07) is 3.12. The number of hydrogen-bond acceptors (Lipinski definition) is 7. The van der Waals surface area contributed by atoms with Crippen molar-refractivity contribution >= 4 is 59.3 Å². The average molecular weight is 290 g/mol. The lowest BCUT2D eigenvalue weighted by Crippen LogP contribution is -1.88. The lowest BCUT2D eigenvalue weighted by Gasteiger charge is -1.94. The van der Waals surface area contributed by atoms with Crippen LogP contribution in [0.1, 0.15) is 0 Å². The number of thiol groups is 2. The molecule has 0 spiro atoms. The minimum atomic E-state index is -0.428. The Morgan fingerprint density at radius 3 is 2.25 bits per heavy atom. The summed E-state index contributed by atoms with van der Waals surface area (Å²) in [4.78, 5) is 11.6. The van der Waals surface area contributed by atoms with Gasteiger partial charge in [0.2, 0.25) is 0 Å². The molecule has 2 heterocycles. The van der Waals surface area contributed by atoms with Crippen molar-refractivity contribution in [3.63, 3.8) is 0 Å². The van der Waals surface area contributed by atoms with Gasteiger partial charge in [-0.25, -0.2) is 0 Å². The predicted octanol–water partition coefficient (Wildman–Crippen LogP) is 3.54. The molecule has 0 radical (unpaired) electrons. The van der Waals surface area contributed by atoms with Crippen molar-refractivity contribution in [3.8, 4) is 9.75 Å². The zero-order valence-electron chi connectivity index (χ0n) is 7.71. The summed E-state index contributed by atoms with van der Waals surface area (Å²) < 4.78 is 1.33. The Hall–Kier alpha value is -0.700. The first-order valence-corrected chi connectivity index (χ1v) is 6.57. The number of rotatable bonds is 2. The van der Waals surface area contributed by atoms with Crippen molar-refractivity contribution in [3.05, 3.63) is 22.2 Å². The fraction of sp³-hybridized carbons (Fsp3) is 0. The summed E-state index contributed by atoms with van der Waals surface area (Å²) in [5, 5.41) is 10.8. The second kappa shape index (κ2) is 4.28. The summed E-state index contributed by atoms with van der Waals surface area (Å²) in [5.74, 6) is 0. The summed E-state index contributed by atoms with van der Waals surface area (Å²) in [6.45, 7) is 0. The van der Waals surface area contributed by atoms with Crippen molar-refractivity contribution in [1.82, 2.24) is 0 Å². The lowest BCUT2D eigenvalue weighted by atomic mass is 10.3. The Morgan fingerprint density at radius 2 is 1.75 bits per heavy atom. The van der Waals surface area contributed by atoms with Gasteiger partial charge < -0.3 is 5.73 Å². The highest BCUT2D eigenvalue weighted by atomic mass is 32.2. The van der Waals surface area contributed by atoms with E-state index in [0.29, 0.717) is 19.7 Å². The SMILES string of the molecule is Nc1cc(S)sc1-c1sc(S)cc1[N+](=O)[O-]. The van der Waals surface area contributed by atoms with Crippen LogP contribution in [0.4, 0.5) is 11.4 Å². The Balaban J connectivity index is 2.63. The molecule has 2 aromatic heterocycles. The fourth-order valence-corrected chi connectivity index (χ4v) is 3.89. The molecule has 0 aromatic carbocycles. The molecule has 0 aliphatic rings. The number of hydrogen-bond donors (Lipinski definition) is 3. The quantitative estimate of drug-likeness (QED) is 0.450. The fourth-order valence-electron chi connectivity index (χ4n) is 1.24. The van der Waals surface area contributed by atoms with E-state index in [0.717, 1.165) is 4.21 Å². The molecule has 0 fully saturated rings. The van der Waals surface area contributed by atoms with Gasteiger partial charge in [0, 0.05) is 6.07 Å². The van der Waals surface area contributed by atoms with Crippen LogP contribution in [-0.2, 0) is 0 Å². The van der Waals surface area contributed by atoms with Gasteiger partial charge in [-0.1, -0.05) is 0 Å². The molecule has 2 rings (SSSR count). The molecule has 0 unspecified atom stereocenters. The van der Waals surface area contributed by atoms with Crippen molar-refractivity contribution < 1.29 is 4.92 Å². The maximum absolute atomic E-state index is 10.8. The monoisotopic (exact) mass is 290 g/mol. The highest BCUT2D eigenvalue weighted by molar-refractivity contribution is 7.83. The number of nitrogen functional groups attached to an aromatic ring is 1. The van der Waals surface area contributed by atoms with Gasteiger partial charge in [0.15, 0.2) is 0 Å². The molecule has 8 heteroatoms. The number of anilines is 1.